The summed E-state index contributed by atoms with van der Waals surface area (Å²) in [6.45, 7) is 0.0931. The molecule has 0 bridgehead atoms. The van der Waals surface area contributed by atoms with E-state index in [-0.39, 0.29) is 29.0 Å². The van der Waals surface area contributed by atoms with Crippen molar-refractivity contribution in [1.82, 2.24) is 9.55 Å². The van der Waals surface area contributed by atoms with Gasteiger partial charge in [-0.25, -0.2) is 14.6 Å². The molecule has 1 unspecified atom stereocenters. The molecule has 1 saturated carbocycles. The summed E-state index contributed by atoms with van der Waals surface area (Å²) in [6.07, 6.45) is 6.03. The molecule has 1 aromatic carbocycles. The van der Waals surface area contributed by atoms with E-state index in [2.05, 4.69) is 26.9 Å². The lowest BCUT2D eigenvalue weighted by Crippen LogP contribution is -2.34. The van der Waals surface area contributed by atoms with Gasteiger partial charge in [-0.2, -0.15) is 0 Å². The van der Waals surface area contributed by atoms with Crippen molar-refractivity contribution in [3.63, 3.8) is 0 Å². The Hall–Kier alpha value is -1.68. The van der Waals surface area contributed by atoms with Crippen LogP contribution in [0.3, 0.4) is 0 Å². The highest BCUT2D eigenvalue weighted by atomic mass is 79.9. The molecule has 0 radical (unpaired) electrons. The van der Waals surface area contributed by atoms with E-state index in [0.717, 1.165) is 32.0 Å². The average molecular weight is 374 g/mol. The smallest absolute Gasteiger partial charge is 0.274 e. The number of fused-ring (bicyclic) bond motifs is 1. The van der Waals surface area contributed by atoms with Gasteiger partial charge in [0.15, 0.2) is 0 Å². The molecule has 116 valence electrons. The van der Waals surface area contributed by atoms with E-state index in [4.69, 9.17) is 0 Å². The summed E-state index contributed by atoms with van der Waals surface area (Å²) < 4.78 is 16.4. The normalized spacial score (nSPS) is 22.3. The molecule has 2 fully saturated rings. The average Bonchev–Trinajstić information content (AvgIpc) is 3.26. The maximum absolute atomic E-state index is 14.2. The summed E-state index contributed by atoms with van der Waals surface area (Å²) in [7, 11) is 0. The first-order valence-electron chi connectivity index (χ1n) is 7.79. The number of hydrogen-bond acceptors (Lipinski definition) is 3. The summed E-state index contributed by atoms with van der Waals surface area (Å²) in [5, 5.41) is 9.42. The number of rotatable bonds is 1. The molecule has 1 aromatic heterocycles. The van der Waals surface area contributed by atoms with Crippen LogP contribution in [0.2, 0.25) is 11.6 Å². The number of halogens is 2. The monoisotopic (exact) mass is 373 g/mol. The molecule has 4 nitrogen and oxygen atoms in total. The molecule has 2 aliphatic rings. The third kappa shape index (κ3) is 2.31. The van der Waals surface area contributed by atoms with Crippen LogP contribution < -0.4 is 5.56 Å². The zero-order valence-electron chi connectivity index (χ0n) is 12.4. The zero-order valence-corrected chi connectivity index (χ0v) is 14.0. The Morgan fingerprint density at radius 2 is 2.26 bits per heavy atom. The highest BCUT2D eigenvalue weighted by molar-refractivity contribution is 9.10. The summed E-state index contributed by atoms with van der Waals surface area (Å²) in [5.41, 5.74) is 0.0428. The molecule has 0 amide bonds. The second-order valence-electron chi connectivity index (χ2n) is 6.72. The fraction of sp³-hybridized carbons (Fsp3) is 0.438. The molecular weight excluding hydrogens is 360 g/mol. The van der Waals surface area contributed by atoms with Crippen LogP contribution in [0, 0.1) is 17.0 Å². The SMILES string of the molecule is N#CB1CCC(n2cnc3cc(Br)cc(F)c3c2=O)CC12CC2. The van der Waals surface area contributed by atoms with Crippen molar-refractivity contribution in [2.75, 3.05) is 0 Å². The molecule has 1 atom stereocenters. The predicted molar refractivity (Wildman–Crippen MR) is 90.0 cm³/mol. The molecule has 1 spiro atoms. The first-order valence-corrected chi connectivity index (χ1v) is 8.59. The van der Waals surface area contributed by atoms with Gasteiger partial charge in [0.25, 0.3) is 12.3 Å². The van der Waals surface area contributed by atoms with Crippen molar-refractivity contribution in [1.29, 1.82) is 5.26 Å². The van der Waals surface area contributed by atoms with E-state index in [1.165, 1.54) is 12.4 Å². The van der Waals surface area contributed by atoms with Gasteiger partial charge in [0.1, 0.15) is 11.2 Å². The van der Waals surface area contributed by atoms with Crippen molar-refractivity contribution in [3.05, 3.63) is 39.1 Å². The molecule has 7 heteroatoms. The maximum atomic E-state index is 14.2. The van der Waals surface area contributed by atoms with Crippen molar-refractivity contribution >= 4 is 33.5 Å². The first kappa shape index (κ1) is 14.9. The van der Waals surface area contributed by atoms with Crippen molar-refractivity contribution in [3.8, 4) is 5.97 Å². The van der Waals surface area contributed by atoms with Gasteiger partial charge in [0, 0.05) is 16.5 Å². The van der Waals surface area contributed by atoms with Gasteiger partial charge < -0.3 is 0 Å². The quantitative estimate of drug-likeness (QED) is 0.715. The minimum Gasteiger partial charge on any atom is -0.296 e. The predicted octanol–water partition coefficient (Wildman–Crippen LogP) is 3.72. The van der Waals surface area contributed by atoms with Crippen LogP contribution in [0.1, 0.15) is 31.7 Å². The third-order valence-electron chi connectivity index (χ3n) is 5.42. The molecule has 1 aliphatic heterocycles. The van der Waals surface area contributed by atoms with Gasteiger partial charge in [-0.3, -0.25) is 9.36 Å². The van der Waals surface area contributed by atoms with Gasteiger partial charge in [-0.1, -0.05) is 35.1 Å². The van der Waals surface area contributed by atoms with E-state index in [0.29, 0.717) is 9.99 Å². The molecule has 2 heterocycles. The summed E-state index contributed by atoms with van der Waals surface area (Å²) in [5.74, 6) is 1.87. The third-order valence-corrected chi connectivity index (χ3v) is 5.87. The molecule has 23 heavy (non-hydrogen) atoms. The van der Waals surface area contributed by atoms with Crippen molar-refractivity contribution in [2.24, 2.45) is 0 Å². The summed E-state index contributed by atoms with van der Waals surface area (Å²) in [6, 6.07) is 2.96. The van der Waals surface area contributed by atoms with E-state index in [1.807, 2.05) is 0 Å². The summed E-state index contributed by atoms with van der Waals surface area (Å²) in [4.78, 5) is 17.0. The Morgan fingerprint density at radius 1 is 1.48 bits per heavy atom. The molecule has 0 N–H and O–H groups in total. The molecule has 1 saturated heterocycles. The number of aromatic nitrogens is 2. The second-order valence-corrected chi connectivity index (χ2v) is 7.63. The Bertz CT molecular complexity index is 903. The van der Waals surface area contributed by atoms with Crippen LogP contribution in [0.4, 0.5) is 4.39 Å². The molecular formula is C16H14BBrFN3O. The van der Waals surface area contributed by atoms with E-state index < -0.39 is 5.82 Å². The van der Waals surface area contributed by atoms with Crippen LogP contribution in [-0.2, 0) is 0 Å². The molecule has 2 aromatic rings. The lowest BCUT2D eigenvalue weighted by molar-refractivity contribution is 0.399. The number of benzene rings is 1. The van der Waals surface area contributed by atoms with Crippen molar-refractivity contribution < 1.29 is 4.39 Å². The minimum absolute atomic E-state index is 0.00884. The second kappa shape index (κ2) is 5.17. The van der Waals surface area contributed by atoms with E-state index in [1.54, 1.807) is 10.6 Å². The fourth-order valence-electron chi connectivity index (χ4n) is 3.97. The van der Waals surface area contributed by atoms with Crippen LogP contribution in [0.25, 0.3) is 10.9 Å². The van der Waals surface area contributed by atoms with E-state index >= 15 is 0 Å². The van der Waals surface area contributed by atoms with Crippen LogP contribution in [-0.4, -0.2) is 16.3 Å². The van der Waals surface area contributed by atoms with Crippen LogP contribution in [0.15, 0.2) is 27.7 Å². The molecule has 4 rings (SSSR count). The van der Waals surface area contributed by atoms with Gasteiger partial charge in [0.2, 0.25) is 0 Å². The van der Waals surface area contributed by atoms with Gasteiger partial charge >= 0.3 is 0 Å². The Morgan fingerprint density at radius 3 is 2.96 bits per heavy atom. The number of hydrogen-bond donors (Lipinski definition) is 0. The largest absolute Gasteiger partial charge is 0.296 e. The van der Waals surface area contributed by atoms with E-state index in [9.17, 15) is 14.4 Å². The zero-order chi connectivity index (χ0) is 16.2. The Balaban J connectivity index is 1.77. The maximum Gasteiger partial charge on any atom is 0.274 e. The standard InChI is InChI=1S/C16H14BBrFN3O/c18-10-5-12(19)14-13(6-10)21-9-22(15(14)23)11-1-4-17(8-20)16(7-11)2-3-16/h5-6,9,11H,1-4,7H2. The fourth-order valence-corrected chi connectivity index (χ4v) is 4.39. The Kier molecular flexibility index (Phi) is 3.35. The lowest BCUT2D eigenvalue weighted by atomic mass is 9.34. The minimum atomic E-state index is -0.548. The lowest BCUT2D eigenvalue weighted by Gasteiger charge is -2.32. The highest BCUT2D eigenvalue weighted by Crippen LogP contribution is 2.64. The summed E-state index contributed by atoms with van der Waals surface area (Å²) >= 11 is 3.22. The van der Waals surface area contributed by atoms with Crippen molar-refractivity contribution in [2.45, 2.75) is 43.4 Å². The van der Waals surface area contributed by atoms with Gasteiger partial charge in [0.05, 0.1) is 11.8 Å². The van der Waals surface area contributed by atoms with Gasteiger partial charge in [-0.15, -0.1) is 0 Å². The number of nitrogens with zero attached hydrogens (tertiary/aromatic N) is 3. The number of nitriles is 1. The Labute approximate surface area is 141 Å². The van der Waals surface area contributed by atoms with Gasteiger partial charge in [-0.05, 0) is 30.3 Å². The first-order chi connectivity index (χ1) is 11.0. The highest BCUT2D eigenvalue weighted by Gasteiger charge is 2.55. The molecule has 1 aliphatic carbocycles. The van der Waals surface area contributed by atoms with Crippen LogP contribution in [0.5, 0.6) is 0 Å². The van der Waals surface area contributed by atoms with Crippen LogP contribution >= 0.6 is 15.9 Å². The topological polar surface area (TPSA) is 58.7 Å².